The van der Waals surface area contributed by atoms with Gasteiger partial charge in [-0.15, -0.1) is 10.2 Å². The van der Waals surface area contributed by atoms with Gasteiger partial charge in [0, 0.05) is 12.6 Å². The van der Waals surface area contributed by atoms with Gasteiger partial charge in [-0.05, 0) is 45.0 Å². The first kappa shape index (κ1) is 15.8. The Morgan fingerprint density at radius 3 is 2.70 bits per heavy atom. The van der Waals surface area contributed by atoms with E-state index < -0.39 is 0 Å². The number of amides is 1. The van der Waals surface area contributed by atoms with Crippen LogP contribution in [0.2, 0.25) is 0 Å². The van der Waals surface area contributed by atoms with Crippen molar-refractivity contribution in [3.63, 3.8) is 0 Å². The molecule has 1 aliphatic carbocycles. The van der Waals surface area contributed by atoms with Crippen LogP contribution in [0.5, 0.6) is 0 Å². The minimum absolute atomic E-state index is 0.151. The second kappa shape index (κ2) is 7.00. The molecule has 2 unspecified atom stereocenters. The summed E-state index contributed by atoms with van der Waals surface area (Å²) in [6, 6.07) is 7.63. The fourth-order valence-corrected chi connectivity index (χ4v) is 3.30. The third kappa shape index (κ3) is 3.82. The van der Waals surface area contributed by atoms with E-state index in [2.05, 4.69) is 39.5 Å². The van der Waals surface area contributed by atoms with Gasteiger partial charge in [-0.2, -0.15) is 0 Å². The molecule has 1 fully saturated rings. The smallest absolute Gasteiger partial charge is 0.291 e. The lowest BCUT2D eigenvalue weighted by molar-refractivity contribution is 0.0884. The molecule has 1 aromatic carbocycles. The first-order chi connectivity index (χ1) is 11.1. The van der Waals surface area contributed by atoms with Gasteiger partial charge in [-0.25, -0.2) is 4.98 Å². The molecule has 6 heteroatoms. The van der Waals surface area contributed by atoms with E-state index in [0.717, 1.165) is 25.8 Å². The van der Waals surface area contributed by atoms with Crippen LogP contribution in [0.15, 0.2) is 24.3 Å². The Hall–Kier alpha value is -2.08. The molecule has 0 aliphatic heterocycles. The monoisotopic (exact) mass is 313 g/mol. The number of nitrogens with one attached hydrogen (secondary N) is 1. The molecule has 2 aromatic rings. The van der Waals surface area contributed by atoms with Crippen molar-refractivity contribution in [2.45, 2.75) is 31.7 Å². The van der Waals surface area contributed by atoms with Crippen LogP contribution in [-0.4, -0.2) is 52.7 Å². The number of fused-ring (bicyclic) bond motifs is 1. The van der Waals surface area contributed by atoms with E-state index in [1.54, 1.807) is 0 Å². The summed E-state index contributed by atoms with van der Waals surface area (Å²) in [5, 5.41) is 11.2. The topological polar surface area (TPSA) is 71.0 Å². The largest absolute Gasteiger partial charge is 0.346 e. The van der Waals surface area contributed by atoms with Crippen molar-refractivity contribution in [1.29, 1.82) is 0 Å². The van der Waals surface area contributed by atoms with Crippen molar-refractivity contribution in [3.05, 3.63) is 30.1 Å². The van der Waals surface area contributed by atoms with Crippen LogP contribution in [0.25, 0.3) is 11.0 Å². The second-order valence-corrected chi connectivity index (χ2v) is 6.51. The van der Waals surface area contributed by atoms with Crippen molar-refractivity contribution in [2.75, 3.05) is 20.6 Å². The molecule has 0 spiro atoms. The second-order valence-electron chi connectivity index (χ2n) is 6.51. The Morgan fingerprint density at radius 2 is 1.91 bits per heavy atom. The maximum Gasteiger partial charge on any atom is 0.291 e. The third-order valence-corrected chi connectivity index (χ3v) is 4.39. The summed E-state index contributed by atoms with van der Waals surface area (Å²) >= 11 is 0. The number of hydrogen-bond donors (Lipinski definition) is 1. The highest BCUT2D eigenvalue weighted by molar-refractivity contribution is 5.92. The fourth-order valence-electron chi connectivity index (χ4n) is 3.30. The summed E-state index contributed by atoms with van der Waals surface area (Å²) in [6.45, 7) is 0.988. The molecule has 0 saturated heterocycles. The average Bonchev–Trinajstić information content (AvgIpc) is 2.55. The lowest BCUT2D eigenvalue weighted by atomic mass is 9.84. The Kier molecular flexibility index (Phi) is 4.81. The SMILES string of the molecule is CN(C)CC1CCCCC1NC(=O)c1nnc2ccccc2n1. The maximum absolute atomic E-state index is 12.5. The lowest BCUT2D eigenvalue weighted by Gasteiger charge is -2.33. The Morgan fingerprint density at radius 1 is 1.17 bits per heavy atom. The van der Waals surface area contributed by atoms with Crippen LogP contribution in [0, 0.1) is 5.92 Å². The van der Waals surface area contributed by atoms with E-state index in [1.165, 1.54) is 6.42 Å². The van der Waals surface area contributed by atoms with E-state index in [1.807, 2.05) is 24.3 Å². The molecule has 2 atom stereocenters. The van der Waals surface area contributed by atoms with Crippen LogP contribution in [0.4, 0.5) is 0 Å². The lowest BCUT2D eigenvalue weighted by Crippen LogP contribution is -2.45. The van der Waals surface area contributed by atoms with Gasteiger partial charge in [0.05, 0.1) is 5.52 Å². The molecule has 6 nitrogen and oxygen atoms in total. The summed E-state index contributed by atoms with van der Waals surface area (Å²) in [5.41, 5.74) is 1.40. The summed E-state index contributed by atoms with van der Waals surface area (Å²) in [6.07, 6.45) is 4.57. The summed E-state index contributed by atoms with van der Waals surface area (Å²) < 4.78 is 0. The van der Waals surface area contributed by atoms with Crippen LogP contribution < -0.4 is 5.32 Å². The first-order valence-electron chi connectivity index (χ1n) is 8.18. The van der Waals surface area contributed by atoms with Gasteiger partial charge >= 0.3 is 0 Å². The number of nitrogens with zero attached hydrogens (tertiary/aromatic N) is 4. The molecule has 1 aromatic heterocycles. The van der Waals surface area contributed by atoms with Gasteiger partial charge < -0.3 is 10.2 Å². The zero-order valence-corrected chi connectivity index (χ0v) is 13.7. The highest BCUT2D eigenvalue weighted by Gasteiger charge is 2.28. The molecule has 122 valence electrons. The average molecular weight is 313 g/mol. The van der Waals surface area contributed by atoms with Crippen molar-refractivity contribution < 1.29 is 4.79 Å². The number of para-hydroxylation sites is 1. The van der Waals surface area contributed by atoms with Crippen LogP contribution in [-0.2, 0) is 0 Å². The highest BCUT2D eigenvalue weighted by atomic mass is 16.2. The predicted molar refractivity (Wildman–Crippen MR) is 89.1 cm³/mol. The number of benzene rings is 1. The van der Waals surface area contributed by atoms with Crippen LogP contribution in [0.1, 0.15) is 36.3 Å². The molecule has 1 amide bonds. The fraction of sp³-hybridized carbons (Fsp3) is 0.529. The maximum atomic E-state index is 12.5. The summed E-state index contributed by atoms with van der Waals surface area (Å²) in [4.78, 5) is 19.0. The number of rotatable bonds is 4. The number of aromatic nitrogens is 3. The molecule has 3 rings (SSSR count). The molecule has 0 radical (unpaired) electrons. The van der Waals surface area contributed by atoms with Crippen molar-refractivity contribution in [1.82, 2.24) is 25.4 Å². The summed E-state index contributed by atoms with van der Waals surface area (Å²) in [7, 11) is 4.15. The van der Waals surface area contributed by atoms with Gasteiger partial charge in [0.1, 0.15) is 5.52 Å². The van der Waals surface area contributed by atoms with E-state index in [4.69, 9.17) is 0 Å². The van der Waals surface area contributed by atoms with E-state index >= 15 is 0 Å². The Balaban J connectivity index is 1.73. The zero-order valence-electron chi connectivity index (χ0n) is 13.7. The number of hydrogen-bond acceptors (Lipinski definition) is 5. The van der Waals surface area contributed by atoms with Gasteiger partial charge in [0.15, 0.2) is 0 Å². The molecule has 1 N–H and O–H groups in total. The molecular weight excluding hydrogens is 290 g/mol. The molecule has 1 saturated carbocycles. The van der Waals surface area contributed by atoms with Gasteiger partial charge in [0.2, 0.25) is 5.82 Å². The standard InChI is InChI=1S/C17H23N5O/c1-22(2)11-12-7-3-4-8-13(12)19-17(23)16-18-14-9-5-6-10-15(14)20-21-16/h5-6,9-10,12-13H,3-4,7-8,11H2,1-2H3,(H,19,23). The predicted octanol–water partition coefficient (Wildman–Crippen LogP) is 1.87. The minimum Gasteiger partial charge on any atom is -0.346 e. The van der Waals surface area contributed by atoms with Gasteiger partial charge in [-0.1, -0.05) is 25.0 Å². The van der Waals surface area contributed by atoms with Crippen LogP contribution in [0.3, 0.4) is 0 Å². The summed E-state index contributed by atoms with van der Waals surface area (Å²) in [5.74, 6) is 0.410. The van der Waals surface area contributed by atoms with Gasteiger partial charge in [0.25, 0.3) is 5.91 Å². The third-order valence-electron chi connectivity index (χ3n) is 4.39. The zero-order chi connectivity index (χ0) is 16.2. The van der Waals surface area contributed by atoms with Crippen molar-refractivity contribution in [2.24, 2.45) is 5.92 Å². The highest BCUT2D eigenvalue weighted by Crippen LogP contribution is 2.25. The van der Waals surface area contributed by atoms with E-state index in [9.17, 15) is 4.79 Å². The van der Waals surface area contributed by atoms with Crippen LogP contribution >= 0.6 is 0 Å². The number of carbonyl (C=O) groups is 1. The molecule has 1 heterocycles. The Labute approximate surface area is 136 Å². The van der Waals surface area contributed by atoms with Crippen molar-refractivity contribution >= 4 is 16.9 Å². The number of carbonyl (C=O) groups excluding carboxylic acids is 1. The molecule has 0 bridgehead atoms. The molecule has 23 heavy (non-hydrogen) atoms. The normalized spacial score (nSPS) is 21.5. The quantitative estimate of drug-likeness (QED) is 0.933. The van der Waals surface area contributed by atoms with Crippen molar-refractivity contribution in [3.8, 4) is 0 Å². The van der Waals surface area contributed by atoms with E-state index in [-0.39, 0.29) is 17.8 Å². The van der Waals surface area contributed by atoms with E-state index in [0.29, 0.717) is 17.0 Å². The minimum atomic E-state index is -0.223. The molecule has 1 aliphatic rings. The Bertz CT molecular complexity index is 687. The first-order valence-corrected chi connectivity index (χ1v) is 8.18. The van der Waals surface area contributed by atoms with Gasteiger partial charge in [-0.3, -0.25) is 4.79 Å². The molecular formula is C17H23N5O.